The molecule has 0 saturated heterocycles. The molecule has 0 aromatic heterocycles. The molecule has 8 heteroatoms. The first-order valence-electron chi connectivity index (χ1n) is 8.61. The van der Waals surface area contributed by atoms with Crippen molar-refractivity contribution in [1.82, 2.24) is 0 Å². The number of methoxy groups -OCH3 is 1. The zero-order valence-electron chi connectivity index (χ0n) is 15.7. The third kappa shape index (κ3) is 6.62. The predicted molar refractivity (Wildman–Crippen MR) is 110 cm³/mol. The zero-order valence-corrected chi connectivity index (χ0v) is 16.5. The van der Waals surface area contributed by atoms with E-state index in [1.807, 2.05) is 6.07 Å². The van der Waals surface area contributed by atoms with Crippen LogP contribution in [0, 0.1) is 0 Å². The molecule has 2 aromatic rings. The maximum absolute atomic E-state index is 12.0. The Bertz CT molecular complexity index is 824. The summed E-state index contributed by atoms with van der Waals surface area (Å²) in [4.78, 5) is 35.6. The van der Waals surface area contributed by atoms with Gasteiger partial charge in [-0.1, -0.05) is 12.1 Å². The predicted octanol–water partition coefficient (Wildman–Crippen LogP) is 3.18. The second-order valence-corrected chi connectivity index (χ2v) is 6.57. The van der Waals surface area contributed by atoms with Crippen molar-refractivity contribution in [3.05, 3.63) is 54.1 Å². The molecular weight excluding hydrogens is 380 g/mol. The van der Waals surface area contributed by atoms with Crippen LogP contribution in [0.3, 0.4) is 0 Å². The molecule has 2 amide bonds. The minimum absolute atomic E-state index is 0.124. The Kier molecular flexibility index (Phi) is 8.36. The van der Waals surface area contributed by atoms with E-state index in [0.29, 0.717) is 29.3 Å². The molecule has 0 saturated carbocycles. The number of hydrogen-bond acceptors (Lipinski definition) is 6. The second kappa shape index (κ2) is 11.0. The van der Waals surface area contributed by atoms with Gasteiger partial charge in [0.05, 0.1) is 36.5 Å². The maximum Gasteiger partial charge on any atom is 0.338 e. The van der Waals surface area contributed by atoms with Gasteiger partial charge in [-0.15, -0.1) is 11.8 Å². The number of para-hydroxylation sites is 2. The Labute approximate surface area is 167 Å². The Morgan fingerprint density at radius 3 is 2.21 bits per heavy atom. The summed E-state index contributed by atoms with van der Waals surface area (Å²) in [6.07, 6.45) is 0. The van der Waals surface area contributed by atoms with Gasteiger partial charge in [0.25, 0.3) is 0 Å². The highest BCUT2D eigenvalue weighted by molar-refractivity contribution is 8.00. The fourth-order valence-corrected chi connectivity index (χ4v) is 2.89. The van der Waals surface area contributed by atoms with Gasteiger partial charge in [-0.05, 0) is 43.3 Å². The number of hydrogen-bond donors (Lipinski definition) is 2. The van der Waals surface area contributed by atoms with Gasteiger partial charge in [0, 0.05) is 5.69 Å². The van der Waals surface area contributed by atoms with Crippen LogP contribution in [0.5, 0.6) is 5.75 Å². The van der Waals surface area contributed by atoms with Crippen LogP contribution in [0.15, 0.2) is 48.5 Å². The minimum atomic E-state index is -0.406. The van der Waals surface area contributed by atoms with Gasteiger partial charge in [0.15, 0.2) is 0 Å². The summed E-state index contributed by atoms with van der Waals surface area (Å²) in [5.74, 6) is -0.0337. The molecule has 0 aliphatic heterocycles. The highest BCUT2D eigenvalue weighted by atomic mass is 32.2. The monoisotopic (exact) mass is 402 g/mol. The third-order valence-corrected chi connectivity index (χ3v) is 4.46. The van der Waals surface area contributed by atoms with Crippen molar-refractivity contribution in [1.29, 1.82) is 0 Å². The lowest BCUT2D eigenvalue weighted by Crippen LogP contribution is -2.18. The molecule has 0 heterocycles. The number of nitrogens with one attached hydrogen (secondary N) is 2. The SMILES string of the molecule is CCOC(=O)c1ccc(NC(=O)CSCC(=O)Nc2ccccc2OC)cc1. The molecule has 0 aliphatic rings. The Hall–Kier alpha value is -3.00. The fourth-order valence-electron chi connectivity index (χ4n) is 2.27. The molecule has 148 valence electrons. The van der Waals surface area contributed by atoms with E-state index in [4.69, 9.17) is 9.47 Å². The summed E-state index contributed by atoms with van der Waals surface area (Å²) < 4.78 is 10.1. The quantitative estimate of drug-likeness (QED) is 0.626. The summed E-state index contributed by atoms with van der Waals surface area (Å²) in [7, 11) is 1.53. The zero-order chi connectivity index (χ0) is 20.4. The number of carbonyl (C=O) groups is 3. The van der Waals surface area contributed by atoms with E-state index in [1.165, 1.54) is 18.9 Å². The summed E-state index contributed by atoms with van der Waals surface area (Å²) in [5.41, 5.74) is 1.57. The van der Waals surface area contributed by atoms with Crippen LogP contribution in [0.25, 0.3) is 0 Å². The van der Waals surface area contributed by atoms with Crippen molar-refractivity contribution in [2.45, 2.75) is 6.92 Å². The average molecular weight is 402 g/mol. The van der Waals surface area contributed by atoms with Crippen LogP contribution in [0.4, 0.5) is 11.4 Å². The molecule has 2 aromatic carbocycles. The number of esters is 1. The first-order valence-corrected chi connectivity index (χ1v) is 9.76. The Morgan fingerprint density at radius 2 is 1.57 bits per heavy atom. The van der Waals surface area contributed by atoms with Crippen molar-refractivity contribution in [2.75, 3.05) is 35.9 Å². The first kappa shape index (κ1) is 21.3. The van der Waals surface area contributed by atoms with Gasteiger partial charge in [0.1, 0.15) is 5.75 Å². The summed E-state index contributed by atoms with van der Waals surface area (Å²) in [5, 5.41) is 5.47. The van der Waals surface area contributed by atoms with E-state index in [-0.39, 0.29) is 23.3 Å². The van der Waals surface area contributed by atoms with Gasteiger partial charge >= 0.3 is 5.97 Å². The van der Waals surface area contributed by atoms with Crippen LogP contribution in [0.1, 0.15) is 17.3 Å². The fraction of sp³-hybridized carbons (Fsp3) is 0.250. The number of carbonyl (C=O) groups excluding carboxylic acids is 3. The number of thioether (sulfide) groups is 1. The standard InChI is InChI=1S/C20H22N2O5S/c1-3-27-20(25)14-8-10-15(11-9-14)21-18(23)12-28-13-19(24)22-16-6-4-5-7-17(16)26-2/h4-11H,3,12-13H2,1-2H3,(H,21,23)(H,22,24). The van der Waals surface area contributed by atoms with Crippen LogP contribution in [0.2, 0.25) is 0 Å². The van der Waals surface area contributed by atoms with E-state index in [1.54, 1.807) is 49.4 Å². The van der Waals surface area contributed by atoms with Gasteiger partial charge < -0.3 is 20.1 Å². The molecule has 2 N–H and O–H groups in total. The maximum atomic E-state index is 12.0. The lowest BCUT2D eigenvalue weighted by molar-refractivity contribution is -0.114. The van der Waals surface area contributed by atoms with Crippen molar-refractivity contribution >= 4 is 40.9 Å². The molecule has 2 rings (SSSR count). The molecular formula is C20H22N2O5S. The van der Waals surface area contributed by atoms with E-state index in [9.17, 15) is 14.4 Å². The highest BCUT2D eigenvalue weighted by Gasteiger charge is 2.10. The highest BCUT2D eigenvalue weighted by Crippen LogP contribution is 2.23. The number of anilines is 2. The molecule has 0 fully saturated rings. The third-order valence-electron chi connectivity index (χ3n) is 3.53. The normalized spacial score (nSPS) is 10.1. The molecule has 28 heavy (non-hydrogen) atoms. The van der Waals surface area contributed by atoms with Crippen LogP contribution in [-0.2, 0) is 14.3 Å². The van der Waals surface area contributed by atoms with E-state index >= 15 is 0 Å². The van der Waals surface area contributed by atoms with E-state index in [0.717, 1.165) is 0 Å². The Morgan fingerprint density at radius 1 is 0.929 bits per heavy atom. The van der Waals surface area contributed by atoms with Crippen LogP contribution >= 0.6 is 11.8 Å². The number of rotatable bonds is 9. The van der Waals surface area contributed by atoms with Gasteiger partial charge in [-0.2, -0.15) is 0 Å². The molecule has 0 atom stereocenters. The van der Waals surface area contributed by atoms with Gasteiger partial charge in [0.2, 0.25) is 11.8 Å². The molecule has 0 spiro atoms. The van der Waals surface area contributed by atoms with Gasteiger partial charge in [-0.25, -0.2) is 4.79 Å². The van der Waals surface area contributed by atoms with Gasteiger partial charge in [-0.3, -0.25) is 9.59 Å². The Balaban J connectivity index is 1.75. The summed E-state index contributed by atoms with van der Waals surface area (Å²) >= 11 is 1.20. The number of ether oxygens (including phenoxy) is 2. The molecule has 0 radical (unpaired) electrons. The number of benzene rings is 2. The molecule has 0 unspecified atom stereocenters. The minimum Gasteiger partial charge on any atom is -0.495 e. The lowest BCUT2D eigenvalue weighted by atomic mass is 10.2. The molecule has 7 nitrogen and oxygen atoms in total. The second-order valence-electron chi connectivity index (χ2n) is 5.59. The average Bonchev–Trinajstić information content (AvgIpc) is 2.69. The summed E-state index contributed by atoms with van der Waals surface area (Å²) in [6.45, 7) is 2.04. The lowest BCUT2D eigenvalue weighted by Gasteiger charge is -2.10. The van der Waals surface area contributed by atoms with Crippen molar-refractivity contribution in [3.63, 3.8) is 0 Å². The first-order chi connectivity index (χ1) is 13.5. The summed E-state index contributed by atoms with van der Waals surface area (Å²) in [6, 6.07) is 13.5. The van der Waals surface area contributed by atoms with E-state index in [2.05, 4.69) is 10.6 Å². The van der Waals surface area contributed by atoms with Crippen molar-refractivity contribution < 1.29 is 23.9 Å². The van der Waals surface area contributed by atoms with Crippen molar-refractivity contribution in [3.8, 4) is 5.75 Å². The van der Waals surface area contributed by atoms with Crippen molar-refractivity contribution in [2.24, 2.45) is 0 Å². The number of amides is 2. The topological polar surface area (TPSA) is 93.7 Å². The molecule has 0 aliphatic carbocycles. The van der Waals surface area contributed by atoms with E-state index < -0.39 is 5.97 Å². The largest absolute Gasteiger partial charge is 0.495 e. The van der Waals surface area contributed by atoms with Crippen LogP contribution < -0.4 is 15.4 Å². The van der Waals surface area contributed by atoms with Crippen LogP contribution in [-0.4, -0.2) is 43.0 Å². The smallest absolute Gasteiger partial charge is 0.338 e. The molecule has 0 bridgehead atoms.